The molecule has 1 aliphatic heterocycles. The summed E-state index contributed by atoms with van der Waals surface area (Å²) in [6.45, 7) is 1.69. The van der Waals surface area contributed by atoms with Crippen molar-refractivity contribution in [3.63, 3.8) is 0 Å². The van der Waals surface area contributed by atoms with E-state index < -0.39 is 54.9 Å². The lowest BCUT2D eigenvalue weighted by atomic mass is 9.96. The Labute approximate surface area is 137 Å². The minimum Gasteiger partial charge on any atom is -0.481 e. The zero-order valence-corrected chi connectivity index (χ0v) is 13.6. The summed E-state index contributed by atoms with van der Waals surface area (Å²) in [5, 5.41) is 11.4. The first kappa shape index (κ1) is 20.2. The number of carbonyl (C=O) groups is 3. The molecule has 2 amide bonds. The minimum atomic E-state index is -4.72. The molecule has 0 unspecified atom stereocenters. The van der Waals surface area contributed by atoms with Crippen LogP contribution in [0, 0.1) is 17.8 Å². The maximum absolute atomic E-state index is 13.0. The first-order chi connectivity index (χ1) is 11.0. The Morgan fingerprint density at radius 2 is 1.88 bits per heavy atom. The molecule has 0 saturated carbocycles. The highest BCUT2D eigenvalue weighted by Gasteiger charge is 2.54. The van der Waals surface area contributed by atoms with Gasteiger partial charge in [0.25, 0.3) is 0 Å². The lowest BCUT2D eigenvalue weighted by Crippen LogP contribution is -2.51. The number of carbonyl (C=O) groups excluding carboxylic acids is 2. The van der Waals surface area contributed by atoms with Crippen LogP contribution in [0.25, 0.3) is 0 Å². The van der Waals surface area contributed by atoms with Crippen LogP contribution in [-0.4, -0.2) is 66.8 Å². The van der Waals surface area contributed by atoms with Crippen molar-refractivity contribution in [2.75, 3.05) is 26.8 Å². The number of likely N-dealkylation sites (tertiary alicyclic amines) is 1. The molecule has 1 heterocycles. The topological polar surface area (TPSA) is 95.9 Å². The van der Waals surface area contributed by atoms with E-state index in [1.165, 1.54) is 7.11 Å². The quantitative estimate of drug-likeness (QED) is 0.724. The Morgan fingerprint density at radius 1 is 1.29 bits per heavy atom. The third kappa shape index (κ3) is 4.83. The summed E-state index contributed by atoms with van der Waals surface area (Å²) in [6.07, 6.45) is -4.72. The smallest absolute Gasteiger partial charge is 0.394 e. The zero-order chi connectivity index (χ0) is 18.7. The fourth-order valence-electron chi connectivity index (χ4n) is 2.62. The van der Waals surface area contributed by atoms with Crippen LogP contribution in [0.5, 0.6) is 0 Å². The molecule has 0 spiro atoms. The lowest BCUT2D eigenvalue weighted by Gasteiger charge is -2.27. The molecule has 0 aromatic carbocycles. The summed E-state index contributed by atoms with van der Waals surface area (Å²) < 4.78 is 43.6. The van der Waals surface area contributed by atoms with Gasteiger partial charge >= 0.3 is 12.1 Å². The van der Waals surface area contributed by atoms with Crippen molar-refractivity contribution in [2.45, 2.75) is 26.1 Å². The van der Waals surface area contributed by atoms with Gasteiger partial charge in [0.2, 0.25) is 11.8 Å². The van der Waals surface area contributed by atoms with Crippen LogP contribution in [0.4, 0.5) is 13.2 Å². The number of nitrogens with zero attached hydrogens (tertiary/aromatic N) is 1. The van der Waals surface area contributed by atoms with Gasteiger partial charge in [-0.2, -0.15) is 13.2 Å². The van der Waals surface area contributed by atoms with Crippen molar-refractivity contribution in [3.8, 4) is 0 Å². The molecule has 138 valence electrons. The molecule has 0 bridgehead atoms. The van der Waals surface area contributed by atoms with Crippen LogP contribution < -0.4 is 5.32 Å². The summed E-state index contributed by atoms with van der Waals surface area (Å²) >= 11 is 0. The van der Waals surface area contributed by atoms with E-state index in [9.17, 15) is 27.6 Å². The molecule has 0 radical (unpaired) electrons. The predicted octanol–water partition coefficient (Wildman–Crippen LogP) is 0.495. The number of methoxy groups -OCH3 is 1. The van der Waals surface area contributed by atoms with Crippen LogP contribution in [0.1, 0.15) is 13.8 Å². The van der Waals surface area contributed by atoms with Crippen molar-refractivity contribution in [1.82, 2.24) is 10.2 Å². The third-order valence-corrected chi connectivity index (χ3v) is 3.89. The molecule has 24 heavy (non-hydrogen) atoms. The number of halogens is 3. The van der Waals surface area contributed by atoms with Gasteiger partial charge in [-0.3, -0.25) is 14.4 Å². The zero-order valence-electron chi connectivity index (χ0n) is 13.6. The number of aliphatic carboxylic acids is 1. The van der Waals surface area contributed by atoms with Gasteiger partial charge in [0.1, 0.15) is 12.6 Å². The second-order valence-electron chi connectivity index (χ2n) is 6.06. The van der Waals surface area contributed by atoms with Crippen LogP contribution in [0.3, 0.4) is 0 Å². The maximum Gasteiger partial charge on any atom is 0.394 e. The van der Waals surface area contributed by atoms with E-state index in [-0.39, 0.29) is 12.5 Å². The van der Waals surface area contributed by atoms with E-state index in [2.05, 4.69) is 10.1 Å². The van der Waals surface area contributed by atoms with Crippen molar-refractivity contribution in [1.29, 1.82) is 0 Å². The Morgan fingerprint density at radius 3 is 2.25 bits per heavy atom. The van der Waals surface area contributed by atoms with E-state index in [1.54, 1.807) is 13.8 Å². The van der Waals surface area contributed by atoms with Crippen molar-refractivity contribution in [3.05, 3.63) is 0 Å². The maximum atomic E-state index is 13.0. The molecule has 1 saturated heterocycles. The largest absolute Gasteiger partial charge is 0.481 e. The second-order valence-corrected chi connectivity index (χ2v) is 6.06. The number of carboxylic acids is 1. The van der Waals surface area contributed by atoms with Gasteiger partial charge in [0, 0.05) is 20.2 Å². The molecule has 10 heteroatoms. The van der Waals surface area contributed by atoms with Crippen LogP contribution >= 0.6 is 0 Å². The first-order valence-corrected chi connectivity index (χ1v) is 7.35. The summed E-state index contributed by atoms with van der Waals surface area (Å²) in [5.74, 6) is -7.13. The fraction of sp³-hybridized carbons (Fsp3) is 0.786. The molecule has 2 N–H and O–H groups in total. The van der Waals surface area contributed by atoms with E-state index in [0.717, 1.165) is 4.90 Å². The van der Waals surface area contributed by atoms with Crippen LogP contribution in [-0.2, 0) is 19.1 Å². The van der Waals surface area contributed by atoms with Gasteiger partial charge in [-0.05, 0) is 5.92 Å². The Balaban J connectivity index is 2.92. The number of alkyl halides is 3. The highest BCUT2D eigenvalue weighted by Crippen LogP contribution is 2.38. The monoisotopic (exact) mass is 354 g/mol. The number of hydrogen-bond acceptors (Lipinski definition) is 4. The average molecular weight is 354 g/mol. The number of nitrogens with one attached hydrogen (secondary N) is 1. The summed E-state index contributed by atoms with van der Waals surface area (Å²) in [7, 11) is 1.29. The number of amides is 2. The van der Waals surface area contributed by atoms with Crippen LogP contribution in [0.2, 0.25) is 0 Å². The number of hydrogen-bond donors (Lipinski definition) is 2. The highest BCUT2D eigenvalue weighted by atomic mass is 19.4. The molecule has 1 rings (SSSR count). The average Bonchev–Trinajstić information content (AvgIpc) is 2.89. The molecular formula is C14H21F3N2O5. The second kappa shape index (κ2) is 7.82. The molecular weight excluding hydrogens is 333 g/mol. The van der Waals surface area contributed by atoms with Crippen molar-refractivity contribution in [2.24, 2.45) is 17.8 Å². The summed E-state index contributed by atoms with van der Waals surface area (Å²) in [5.41, 5.74) is 0. The Hall–Kier alpha value is -1.84. The van der Waals surface area contributed by atoms with E-state index in [4.69, 9.17) is 5.11 Å². The lowest BCUT2D eigenvalue weighted by molar-refractivity contribution is -0.188. The first-order valence-electron chi connectivity index (χ1n) is 7.35. The van der Waals surface area contributed by atoms with Gasteiger partial charge in [-0.1, -0.05) is 13.8 Å². The van der Waals surface area contributed by atoms with Crippen molar-refractivity contribution < 1.29 is 37.4 Å². The highest BCUT2D eigenvalue weighted by molar-refractivity contribution is 5.89. The molecule has 0 aromatic rings. The Kier molecular flexibility index (Phi) is 6.58. The molecule has 1 aliphatic rings. The molecule has 0 aliphatic carbocycles. The molecule has 3 atom stereocenters. The third-order valence-electron chi connectivity index (χ3n) is 3.89. The van der Waals surface area contributed by atoms with E-state index in [1.807, 2.05) is 0 Å². The SMILES string of the molecule is COCC(=O)N[C@H](C(=O)N1C[C@@H](C(F)(F)F)[C@H](C(=O)O)C1)C(C)C. The van der Waals surface area contributed by atoms with Crippen LogP contribution in [0.15, 0.2) is 0 Å². The normalized spacial score (nSPS) is 22.5. The van der Waals surface area contributed by atoms with Gasteiger partial charge in [0.05, 0.1) is 11.8 Å². The number of ether oxygens (including phenoxy) is 1. The van der Waals surface area contributed by atoms with Gasteiger partial charge in [-0.25, -0.2) is 0 Å². The number of rotatable bonds is 6. The number of carboxylic acid groups (broad SMARTS) is 1. The van der Waals surface area contributed by atoms with Gasteiger partial charge < -0.3 is 20.1 Å². The fourth-order valence-corrected chi connectivity index (χ4v) is 2.62. The van der Waals surface area contributed by atoms with Crippen molar-refractivity contribution >= 4 is 17.8 Å². The summed E-state index contributed by atoms with van der Waals surface area (Å²) in [6, 6.07) is -1.05. The van der Waals surface area contributed by atoms with Gasteiger partial charge in [-0.15, -0.1) is 0 Å². The van der Waals surface area contributed by atoms with E-state index >= 15 is 0 Å². The molecule has 0 aromatic heterocycles. The summed E-state index contributed by atoms with van der Waals surface area (Å²) in [4.78, 5) is 36.0. The minimum absolute atomic E-state index is 0.292. The Bertz CT molecular complexity index is 495. The standard InChI is InChI=1S/C14H21F3N2O5/c1-7(2)11(18-10(20)6-24-3)12(21)19-4-8(13(22)23)9(5-19)14(15,16)17/h7-9,11H,4-6H2,1-3H3,(H,18,20)(H,22,23)/t8-,9-,11+/m1/s1. The predicted molar refractivity (Wildman–Crippen MR) is 75.9 cm³/mol. The molecule has 1 fully saturated rings. The van der Waals surface area contributed by atoms with E-state index in [0.29, 0.717) is 0 Å². The molecule has 7 nitrogen and oxygen atoms in total. The van der Waals surface area contributed by atoms with Gasteiger partial charge in [0.15, 0.2) is 0 Å².